The molecule has 0 unspecified atom stereocenters. The average Bonchev–Trinajstić information content (AvgIpc) is 3.57. The van der Waals surface area contributed by atoms with Gasteiger partial charge in [-0.2, -0.15) is 5.10 Å². The lowest BCUT2D eigenvalue weighted by molar-refractivity contribution is -0.139. The van der Waals surface area contributed by atoms with Crippen LogP contribution in [0.4, 0.5) is 14.5 Å². The van der Waals surface area contributed by atoms with Crippen LogP contribution in [0, 0.1) is 11.6 Å². The molecule has 0 aliphatic carbocycles. The summed E-state index contributed by atoms with van der Waals surface area (Å²) in [6.45, 7) is 13.1. The Bertz CT molecular complexity index is 1650. The van der Waals surface area contributed by atoms with Gasteiger partial charge in [0.15, 0.2) is 0 Å². The fourth-order valence-electron chi connectivity index (χ4n) is 5.91. The van der Waals surface area contributed by atoms with Crippen molar-refractivity contribution in [3.8, 4) is 0 Å². The van der Waals surface area contributed by atoms with Crippen molar-refractivity contribution in [1.82, 2.24) is 30.2 Å². The Kier molecular flexibility index (Phi) is 11.9. The highest BCUT2D eigenvalue weighted by Gasteiger charge is 2.41. The van der Waals surface area contributed by atoms with E-state index in [0.717, 1.165) is 0 Å². The standard InChI is InChI=1S/C36H47F2N7O4/c1-8-30(46)41-32(35(49)44-19-17-43(7)18-20-44)36(5,6)25-11-14-28(27(38)21-25)40-34(48)31(23(4)24-9-12-26(37)13-10-24)42-33(47)29-15-16-39-45(29)22(2)3/h9-16,21-23,31-32H,8,17-20H2,1-7H3,(H,40,48)(H,41,46)(H,42,47)/t23-,31-,32-/m0/s1. The largest absolute Gasteiger partial charge is 0.343 e. The summed E-state index contributed by atoms with van der Waals surface area (Å²) in [4.78, 5) is 57.4. The van der Waals surface area contributed by atoms with Crippen LogP contribution in [0.1, 0.15) is 81.5 Å². The van der Waals surface area contributed by atoms with E-state index in [1.54, 1.807) is 38.7 Å². The number of rotatable bonds is 12. The lowest BCUT2D eigenvalue weighted by Crippen LogP contribution is -2.60. The summed E-state index contributed by atoms with van der Waals surface area (Å²) in [5.41, 5.74) is 0.108. The molecule has 11 nitrogen and oxygen atoms in total. The fourth-order valence-corrected chi connectivity index (χ4v) is 5.91. The number of carbonyl (C=O) groups excluding carboxylic acids is 4. The molecule has 2 aromatic carbocycles. The third kappa shape index (κ3) is 8.69. The van der Waals surface area contributed by atoms with Crippen molar-refractivity contribution >= 4 is 29.3 Å². The summed E-state index contributed by atoms with van der Waals surface area (Å²) in [6, 6.07) is 9.12. The number of aromatic nitrogens is 2. The van der Waals surface area contributed by atoms with Gasteiger partial charge in [-0.1, -0.05) is 45.9 Å². The first-order chi connectivity index (χ1) is 23.1. The zero-order valence-corrected chi connectivity index (χ0v) is 29.2. The number of carbonyl (C=O) groups is 4. The van der Waals surface area contributed by atoms with Gasteiger partial charge in [-0.05, 0) is 62.4 Å². The molecule has 4 rings (SSSR count). The smallest absolute Gasteiger partial charge is 0.270 e. The van der Waals surface area contributed by atoms with Crippen LogP contribution in [-0.2, 0) is 19.8 Å². The van der Waals surface area contributed by atoms with Gasteiger partial charge < -0.3 is 25.8 Å². The summed E-state index contributed by atoms with van der Waals surface area (Å²) in [7, 11) is 1.98. The Morgan fingerprint density at radius 3 is 2.16 bits per heavy atom. The predicted octanol–water partition coefficient (Wildman–Crippen LogP) is 4.23. The topological polar surface area (TPSA) is 129 Å². The van der Waals surface area contributed by atoms with Crippen LogP contribution in [-0.4, -0.2) is 88.5 Å². The van der Waals surface area contributed by atoms with Crippen LogP contribution in [0.2, 0.25) is 0 Å². The molecule has 1 aromatic heterocycles. The summed E-state index contributed by atoms with van der Waals surface area (Å²) in [5.74, 6) is -3.63. The maximum atomic E-state index is 15.8. The van der Waals surface area contributed by atoms with Crippen molar-refractivity contribution in [1.29, 1.82) is 0 Å². The van der Waals surface area contributed by atoms with E-state index in [4.69, 9.17) is 0 Å². The van der Waals surface area contributed by atoms with Crippen LogP contribution in [0.25, 0.3) is 0 Å². The Hall–Kier alpha value is -4.65. The number of amides is 4. The normalized spacial score (nSPS) is 15.8. The van der Waals surface area contributed by atoms with E-state index in [9.17, 15) is 23.6 Å². The zero-order valence-electron chi connectivity index (χ0n) is 29.2. The number of piperazine rings is 1. The van der Waals surface area contributed by atoms with E-state index < -0.39 is 46.9 Å². The first kappa shape index (κ1) is 37.2. The molecule has 3 N–H and O–H groups in total. The molecular weight excluding hydrogens is 632 g/mol. The van der Waals surface area contributed by atoms with E-state index in [0.29, 0.717) is 37.3 Å². The maximum absolute atomic E-state index is 15.8. The average molecular weight is 680 g/mol. The summed E-state index contributed by atoms with van der Waals surface area (Å²) >= 11 is 0. The highest BCUT2D eigenvalue weighted by Crippen LogP contribution is 2.32. The van der Waals surface area contributed by atoms with Crippen molar-refractivity contribution in [2.75, 3.05) is 38.5 Å². The number of benzene rings is 2. The molecular formula is C36H47F2N7O4. The number of hydrogen-bond donors (Lipinski definition) is 3. The van der Waals surface area contributed by atoms with Gasteiger partial charge in [0.2, 0.25) is 17.7 Å². The number of likely N-dealkylation sites (N-methyl/N-ethyl adjacent to an activating group) is 1. The quantitative estimate of drug-likeness (QED) is 0.263. The van der Waals surface area contributed by atoms with E-state index in [1.165, 1.54) is 53.3 Å². The van der Waals surface area contributed by atoms with Crippen LogP contribution in [0.15, 0.2) is 54.7 Å². The molecule has 49 heavy (non-hydrogen) atoms. The Morgan fingerprint density at radius 2 is 1.57 bits per heavy atom. The van der Waals surface area contributed by atoms with Crippen molar-refractivity contribution < 1.29 is 28.0 Å². The third-order valence-electron chi connectivity index (χ3n) is 9.24. The van der Waals surface area contributed by atoms with Gasteiger partial charge in [-0.15, -0.1) is 0 Å². The Balaban J connectivity index is 1.61. The van der Waals surface area contributed by atoms with Crippen molar-refractivity contribution in [3.05, 3.63) is 83.2 Å². The molecule has 3 atom stereocenters. The van der Waals surface area contributed by atoms with Gasteiger partial charge in [0.1, 0.15) is 29.4 Å². The molecule has 1 saturated heterocycles. The lowest BCUT2D eigenvalue weighted by Gasteiger charge is -2.40. The first-order valence-corrected chi connectivity index (χ1v) is 16.6. The predicted molar refractivity (Wildman–Crippen MR) is 183 cm³/mol. The number of nitrogens with zero attached hydrogens (tertiary/aromatic N) is 4. The van der Waals surface area contributed by atoms with Crippen molar-refractivity contribution in [2.45, 2.75) is 77.4 Å². The van der Waals surface area contributed by atoms with Crippen molar-refractivity contribution in [2.24, 2.45) is 0 Å². The van der Waals surface area contributed by atoms with E-state index in [1.807, 2.05) is 20.9 Å². The zero-order chi connectivity index (χ0) is 36.0. The highest BCUT2D eigenvalue weighted by molar-refractivity contribution is 6.01. The number of nitrogens with one attached hydrogen (secondary N) is 3. The van der Waals surface area contributed by atoms with Crippen molar-refractivity contribution in [3.63, 3.8) is 0 Å². The van der Waals surface area contributed by atoms with Gasteiger partial charge in [0.05, 0.1) is 5.69 Å². The van der Waals surface area contributed by atoms with E-state index >= 15 is 4.39 Å². The fraction of sp³-hybridized carbons (Fsp3) is 0.472. The molecule has 1 aliphatic rings. The SMILES string of the molecule is CCC(=O)N[C@@H](C(=O)N1CCN(C)CC1)C(C)(C)c1ccc(NC(=O)[C@@H](NC(=O)c2ccnn2C(C)C)[C@@H](C)c2ccc(F)cc2)c(F)c1. The Morgan fingerprint density at radius 1 is 0.918 bits per heavy atom. The van der Waals surface area contributed by atoms with Gasteiger partial charge >= 0.3 is 0 Å². The molecule has 0 bridgehead atoms. The van der Waals surface area contributed by atoms with Gasteiger partial charge in [-0.25, -0.2) is 8.78 Å². The minimum absolute atomic E-state index is 0.124. The minimum atomic E-state index is -1.18. The first-order valence-electron chi connectivity index (χ1n) is 16.6. The summed E-state index contributed by atoms with van der Waals surface area (Å²) < 4.78 is 31.1. The summed E-state index contributed by atoms with van der Waals surface area (Å²) in [5, 5.41) is 12.4. The monoisotopic (exact) mass is 679 g/mol. The molecule has 264 valence electrons. The van der Waals surface area contributed by atoms with Crippen LogP contribution in [0.5, 0.6) is 0 Å². The molecule has 1 aliphatic heterocycles. The van der Waals surface area contributed by atoms with Crippen LogP contribution in [0.3, 0.4) is 0 Å². The van der Waals surface area contributed by atoms with Gasteiger partial charge in [0, 0.05) is 56.2 Å². The number of hydrogen-bond acceptors (Lipinski definition) is 6. The molecule has 3 aromatic rings. The second-order valence-corrected chi connectivity index (χ2v) is 13.4. The summed E-state index contributed by atoms with van der Waals surface area (Å²) in [6.07, 6.45) is 1.67. The number of halogens is 2. The van der Waals surface area contributed by atoms with Crippen LogP contribution < -0.4 is 16.0 Å². The minimum Gasteiger partial charge on any atom is -0.343 e. The molecule has 1 fully saturated rings. The molecule has 0 saturated carbocycles. The third-order valence-corrected chi connectivity index (χ3v) is 9.24. The molecule has 4 amide bonds. The molecule has 0 spiro atoms. The lowest BCUT2D eigenvalue weighted by atomic mass is 9.76. The van der Waals surface area contributed by atoms with Gasteiger partial charge in [0.25, 0.3) is 5.91 Å². The van der Waals surface area contributed by atoms with E-state index in [2.05, 4.69) is 25.9 Å². The second kappa shape index (κ2) is 15.7. The van der Waals surface area contributed by atoms with Gasteiger partial charge in [-0.3, -0.25) is 23.9 Å². The van der Waals surface area contributed by atoms with Crippen LogP contribution >= 0.6 is 0 Å². The number of anilines is 1. The molecule has 13 heteroatoms. The molecule has 0 radical (unpaired) electrons. The highest BCUT2D eigenvalue weighted by atomic mass is 19.1. The molecule has 2 heterocycles. The second-order valence-electron chi connectivity index (χ2n) is 13.4. The van der Waals surface area contributed by atoms with E-state index in [-0.39, 0.29) is 35.7 Å². The Labute approximate surface area is 286 Å². The maximum Gasteiger partial charge on any atom is 0.270 e.